The van der Waals surface area contributed by atoms with Crippen LogP contribution in [0.25, 0.3) is 0 Å². The van der Waals surface area contributed by atoms with Crippen molar-refractivity contribution < 1.29 is 17.9 Å². The monoisotopic (exact) mass is 180 g/mol. The zero-order valence-electron chi connectivity index (χ0n) is 6.77. The molecule has 0 N–H and O–H groups in total. The number of ether oxygens (including phenoxy) is 1. The standard InChI is InChI=1S/C8H11F3O/c1-2-6-4-3-5-7(12-6)8(9,10)11/h3-4,6-7H,2,5H2,1H3. The summed E-state index contributed by atoms with van der Waals surface area (Å²) in [5.74, 6) is 0. The predicted molar refractivity (Wildman–Crippen MR) is 38.8 cm³/mol. The van der Waals surface area contributed by atoms with Gasteiger partial charge in [-0.25, -0.2) is 0 Å². The van der Waals surface area contributed by atoms with Crippen LogP contribution in [0.4, 0.5) is 13.2 Å². The molecule has 1 aliphatic heterocycles. The summed E-state index contributed by atoms with van der Waals surface area (Å²) in [6.45, 7) is 1.80. The van der Waals surface area contributed by atoms with E-state index in [0.29, 0.717) is 6.42 Å². The lowest BCUT2D eigenvalue weighted by molar-refractivity contribution is -0.229. The van der Waals surface area contributed by atoms with Gasteiger partial charge in [0.05, 0.1) is 6.10 Å². The molecule has 2 unspecified atom stereocenters. The highest BCUT2D eigenvalue weighted by Gasteiger charge is 2.41. The Kier molecular flexibility index (Phi) is 2.77. The summed E-state index contributed by atoms with van der Waals surface area (Å²) in [7, 11) is 0. The van der Waals surface area contributed by atoms with E-state index in [9.17, 15) is 13.2 Å². The molecule has 0 radical (unpaired) electrons. The van der Waals surface area contributed by atoms with E-state index in [1.807, 2.05) is 0 Å². The van der Waals surface area contributed by atoms with Gasteiger partial charge < -0.3 is 4.74 Å². The maximum atomic E-state index is 12.1. The predicted octanol–water partition coefficient (Wildman–Crippen LogP) is 2.67. The summed E-state index contributed by atoms with van der Waals surface area (Å²) < 4.78 is 41.1. The fourth-order valence-corrected chi connectivity index (χ4v) is 1.11. The normalized spacial score (nSPS) is 30.7. The molecule has 1 nitrogen and oxygen atoms in total. The molecule has 0 bridgehead atoms. The Bertz CT molecular complexity index is 174. The largest absolute Gasteiger partial charge is 0.414 e. The summed E-state index contributed by atoms with van der Waals surface area (Å²) in [6, 6.07) is 0. The molecule has 1 aliphatic rings. The first-order valence-corrected chi connectivity index (χ1v) is 3.93. The van der Waals surface area contributed by atoms with E-state index < -0.39 is 12.3 Å². The van der Waals surface area contributed by atoms with Gasteiger partial charge in [-0.1, -0.05) is 19.1 Å². The highest BCUT2D eigenvalue weighted by atomic mass is 19.4. The summed E-state index contributed by atoms with van der Waals surface area (Å²) in [5, 5.41) is 0. The van der Waals surface area contributed by atoms with Gasteiger partial charge in [0.15, 0.2) is 6.10 Å². The smallest absolute Gasteiger partial charge is 0.361 e. The molecular formula is C8H11F3O. The molecular weight excluding hydrogens is 169 g/mol. The number of halogens is 3. The quantitative estimate of drug-likeness (QED) is 0.564. The highest BCUT2D eigenvalue weighted by molar-refractivity contribution is 4.97. The van der Waals surface area contributed by atoms with Crippen LogP contribution in [0.3, 0.4) is 0 Å². The van der Waals surface area contributed by atoms with Crippen molar-refractivity contribution in [3.05, 3.63) is 12.2 Å². The van der Waals surface area contributed by atoms with Crippen molar-refractivity contribution in [1.29, 1.82) is 0 Å². The second-order valence-corrected chi connectivity index (χ2v) is 2.78. The molecule has 0 saturated carbocycles. The third kappa shape index (κ3) is 2.24. The molecule has 0 spiro atoms. The van der Waals surface area contributed by atoms with Crippen LogP contribution in [-0.4, -0.2) is 18.4 Å². The molecule has 0 aromatic rings. The van der Waals surface area contributed by atoms with Crippen molar-refractivity contribution in [2.75, 3.05) is 0 Å². The fraction of sp³-hybridized carbons (Fsp3) is 0.750. The van der Waals surface area contributed by atoms with E-state index >= 15 is 0 Å². The lowest BCUT2D eigenvalue weighted by Crippen LogP contribution is -2.36. The maximum Gasteiger partial charge on any atom is 0.414 e. The molecule has 1 heterocycles. The van der Waals surface area contributed by atoms with Crippen molar-refractivity contribution in [2.24, 2.45) is 0 Å². The number of hydrogen-bond donors (Lipinski definition) is 0. The van der Waals surface area contributed by atoms with Crippen molar-refractivity contribution in [2.45, 2.75) is 38.1 Å². The topological polar surface area (TPSA) is 9.23 Å². The molecule has 0 aromatic heterocycles. The van der Waals surface area contributed by atoms with Gasteiger partial charge in [0.2, 0.25) is 0 Å². The SMILES string of the molecule is CCC1C=CCC(C(F)(F)F)O1. The molecule has 0 aromatic carbocycles. The molecule has 0 aliphatic carbocycles. The van der Waals surface area contributed by atoms with Gasteiger partial charge in [0.1, 0.15) is 0 Å². The Hall–Kier alpha value is -0.510. The van der Waals surface area contributed by atoms with Crippen LogP contribution in [-0.2, 0) is 4.74 Å². The van der Waals surface area contributed by atoms with Gasteiger partial charge in [0.25, 0.3) is 0 Å². The highest BCUT2D eigenvalue weighted by Crippen LogP contribution is 2.29. The van der Waals surface area contributed by atoms with Crippen LogP contribution >= 0.6 is 0 Å². The first kappa shape index (κ1) is 9.58. The van der Waals surface area contributed by atoms with E-state index in [4.69, 9.17) is 4.74 Å². The second-order valence-electron chi connectivity index (χ2n) is 2.78. The average Bonchev–Trinajstić information content (AvgIpc) is 2.03. The van der Waals surface area contributed by atoms with Crippen LogP contribution in [0.2, 0.25) is 0 Å². The van der Waals surface area contributed by atoms with Crippen LogP contribution in [0.1, 0.15) is 19.8 Å². The molecule has 12 heavy (non-hydrogen) atoms. The van der Waals surface area contributed by atoms with E-state index in [1.54, 1.807) is 13.0 Å². The Morgan fingerprint density at radius 2 is 2.17 bits per heavy atom. The summed E-state index contributed by atoms with van der Waals surface area (Å²) in [6.07, 6.45) is -2.45. The van der Waals surface area contributed by atoms with E-state index in [2.05, 4.69) is 0 Å². The van der Waals surface area contributed by atoms with Crippen LogP contribution < -0.4 is 0 Å². The molecule has 70 valence electrons. The number of hydrogen-bond acceptors (Lipinski definition) is 1. The first-order chi connectivity index (χ1) is 5.54. The summed E-state index contributed by atoms with van der Waals surface area (Å²) in [5.41, 5.74) is 0. The van der Waals surface area contributed by atoms with Crippen molar-refractivity contribution in [1.82, 2.24) is 0 Å². The van der Waals surface area contributed by atoms with Crippen molar-refractivity contribution >= 4 is 0 Å². The molecule has 0 amide bonds. The van der Waals surface area contributed by atoms with E-state index in [0.717, 1.165) is 0 Å². The van der Waals surface area contributed by atoms with Crippen molar-refractivity contribution in [3.63, 3.8) is 0 Å². The molecule has 0 saturated heterocycles. The third-order valence-corrected chi connectivity index (χ3v) is 1.81. The molecule has 2 atom stereocenters. The minimum Gasteiger partial charge on any atom is -0.361 e. The van der Waals surface area contributed by atoms with Crippen LogP contribution in [0, 0.1) is 0 Å². The minimum atomic E-state index is -4.22. The lowest BCUT2D eigenvalue weighted by Gasteiger charge is -2.26. The van der Waals surface area contributed by atoms with Gasteiger partial charge in [0, 0.05) is 6.42 Å². The number of rotatable bonds is 1. The zero-order valence-corrected chi connectivity index (χ0v) is 6.77. The van der Waals surface area contributed by atoms with Crippen LogP contribution in [0.5, 0.6) is 0 Å². The Morgan fingerprint density at radius 3 is 2.67 bits per heavy atom. The van der Waals surface area contributed by atoms with Crippen molar-refractivity contribution in [3.8, 4) is 0 Å². The summed E-state index contributed by atoms with van der Waals surface area (Å²) in [4.78, 5) is 0. The Balaban J connectivity index is 2.56. The second kappa shape index (κ2) is 3.47. The van der Waals surface area contributed by atoms with Crippen LogP contribution in [0.15, 0.2) is 12.2 Å². The van der Waals surface area contributed by atoms with E-state index in [-0.39, 0.29) is 12.5 Å². The lowest BCUT2D eigenvalue weighted by atomic mass is 10.1. The van der Waals surface area contributed by atoms with Gasteiger partial charge in [-0.2, -0.15) is 13.2 Å². The van der Waals surface area contributed by atoms with Gasteiger partial charge in [-0.05, 0) is 6.42 Å². The van der Waals surface area contributed by atoms with Gasteiger partial charge in [-0.15, -0.1) is 0 Å². The number of alkyl halides is 3. The third-order valence-electron chi connectivity index (χ3n) is 1.81. The minimum absolute atomic E-state index is 0.0556. The molecule has 0 fully saturated rings. The first-order valence-electron chi connectivity index (χ1n) is 3.93. The van der Waals surface area contributed by atoms with Gasteiger partial charge >= 0.3 is 6.18 Å². The van der Waals surface area contributed by atoms with Gasteiger partial charge in [-0.3, -0.25) is 0 Å². The van der Waals surface area contributed by atoms with E-state index in [1.165, 1.54) is 6.08 Å². The Labute approximate surface area is 69.2 Å². The summed E-state index contributed by atoms with van der Waals surface area (Å²) >= 11 is 0. The average molecular weight is 180 g/mol. The molecule has 4 heteroatoms. The Morgan fingerprint density at radius 1 is 1.50 bits per heavy atom. The fourth-order valence-electron chi connectivity index (χ4n) is 1.11. The maximum absolute atomic E-state index is 12.1. The zero-order chi connectivity index (χ0) is 9.19. The molecule has 1 rings (SSSR count).